The van der Waals surface area contributed by atoms with E-state index in [1.165, 1.54) is 0 Å². The van der Waals surface area contributed by atoms with Crippen LogP contribution in [-0.4, -0.2) is 23.7 Å². The van der Waals surface area contributed by atoms with Crippen LogP contribution in [0.4, 0.5) is 5.69 Å². The smallest absolute Gasteiger partial charge is 0.241 e. The average Bonchev–Trinajstić information content (AvgIpc) is 2.41. The topological polar surface area (TPSA) is 84.6 Å². The SMILES string of the molecule is CCC[C@H](N)C(=O)Nc1ccc(OCC)c(CO)c1. The normalized spacial score (nSPS) is 12.0. The van der Waals surface area contributed by atoms with Crippen LogP contribution in [0.2, 0.25) is 0 Å². The summed E-state index contributed by atoms with van der Waals surface area (Å²) in [5, 5.41) is 12.0. The van der Waals surface area contributed by atoms with Crippen molar-refractivity contribution in [1.29, 1.82) is 0 Å². The standard InChI is InChI=1S/C14H22N2O3/c1-3-5-12(15)14(18)16-11-6-7-13(19-4-2)10(8-11)9-17/h6-8,12,17H,3-5,9,15H2,1-2H3,(H,16,18)/t12-/m0/s1. The predicted molar refractivity (Wildman–Crippen MR) is 75.0 cm³/mol. The van der Waals surface area contributed by atoms with Gasteiger partial charge in [0.1, 0.15) is 5.75 Å². The number of hydrogen-bond acceptors (Lipinski definition) is 4. The Morgan fingerprint density at radius 1 is 1.47 bits per heavy atom. The third-order valence-corrected chi connectivity index (χ3v) is 2.73. The number of nitrogens with two attached hydrogens (primary N) is 1. The first-order valence-corrected chi connectivity index (χ1v) is 6.55. The molecule has 5 heteroatoms. The number of aliphatic hydroxyl groups is 1. The van der Waals surface area contributed by atoms with Gasteiger partial charge in [-0.15, -0.1) is 0 Å². The lowest BCUT2D eigenvalue weighted by Gasteiger charge is -2.13. The van der Waals surface area contributed by atoms with Crippen LogP contribution >= 0.6 is 0 Å². The first-order chi connectivity index (χ1) is 9.12. The van der Waals surface area contributed by atoms with Gasteiger partial charge in [-0.2, -0.15) is 0 Å². The van der Waals surface area contributed by atoms with E-state index in [2.05, 4.69) is 5.32 Å². The maximum atomic E-state index is 11.8. The molecule has 19 heavy (non-hydrogen) atoms. The lowest BCUT2D eigenvalue weighted by molar-refractivity contribution is -0.117. The first kappa shape index (κ1) is 15.5. The molecule has 0 radical (unpaired) electrons. The summed E-state index contributed by atoms with van der Waals surface area (Å²) in [5.41, 5.74) is 6.99. The van der Waals surface area contributed by atoms with Crippen LogP contribution in [-0.2, 0) is 11.4 Å². The van der Waals surface area contributed by atoms with Crippen molar-refractivity contribution in [3.63, 3.8) is 0 Å². The minimum Gasteiger partial charge on any atom is -0.494 e. The van der Waals surface area contributed by atoms with Crippen molar-refractivity contribution in [3.8, 4) is 5.75 Å². The Kier molecular flexibility index (Phi) is 6.32. The molecule has 0 spiro atoms. The molecular weight excluding hydrogens is 244 g/mol. The molecule has 1 amide bonds. The number of hydrogen-bond donors (Lipinski definition) is 3. The van der Waals surface area contributed by atoms with Crippen LogP contribution in [0.15, 0.2) is 18.2 Å². The van der Waals surface area contributed by atoms with E-state index >= 15 is 0 Å². The molecule has 1 atom stereocenters. The summed E-state index contributed by atoms with van der Waals surface area (Å²) >= 11 is 0. The van der Waals surface area contributed by atoms with Crippen molar-refractivity contribution in [1.82, 2.24) is 0 Å². The van der Waals surface area contributed by atoms with Crippen LogP contribution in [0.5, 0.6) is 5.75 Å². The summed E-state index contributed by atoms with van der Waals surface area (Å²) < 4.78 is 5.38. The number of benzene rings is 1. The Balaban J connectivity index is 2.76. The van der Waals surface area contributed by atoms with Gasteiger partial charge < -0.3 is 20.9 Å². The van der Waals surface area contributed by atoms with E-state index in [1.54, 1.807) is 18.2 Å². The first-order valence-electron chi connectivity index (χ1n) is 6.55. The fourth-order valence-electron chi connectivity index (χ4n) is 1.75. The van der Waals surface area contributed by atoms with Crippen LogP contribution in [0, 0.1) is 0 Å². The number of rotatable bonds is 7. The van der Waals surface area contributed by atoms with Gasteiger partial charge in [0.15, 0.2) is 0 Å². The summed E-state index contributed by atoms with van der Waals surface area (Å²) in [4.78, 5) is 11.8. The Morgan fingerprint density at radius 3 is 2.79 bits per heavy atom. The summed E-state index contributed by atoms with van der Waals surface area (Å²) in [6.07, 6.45) is 1.51. The zero-order chi connectivity index (χ0) is 14.3. The van der Waals surface area contributed by atoms with E-state index < -0.39 is 6.04 Å². The molecule has 0 fully saturated rings. The summed E-state index contributed by atoms with van der Waals surface area (Å²) in [5.74, 6) is 0.413. The van der Waals surface area contributed by atoms with Crippen LogP contribution in [0.1, 0.15) is 32.3 Å². The van der Waals surface area contributed by atoms with Gasteiger partial charge in [-0.25, -0.2) is 0 Å². The summed E-state index contributed by atoms with van der Waals surface area (Å²) in [6.45, 7) is 4.24. The molecule has 1 aromatic carbocycles. The molecule has 4 N–H and O–H groups in total. The van der Waals surface area contributed by atoms with E-state index in [9.17, 15) is 9.90 Å². The molecule has 0 aromatic heterocycles. The van der Waals surface area contributed by atoms with Crippen LogP contribution in [0.3, 0.4) is 0 Å². The minimum absolute atomic E-state index is 0.139. The molecular formula is C14H22N2O3. The number of aliphatic hydroxyl groups excluding tert-OH is 1. The van der Waals surface area contributed by atoms with E-state index in [0.717, 1.165) is 6.42 Å². The zero-order valence-corrected chi connectivity index (χ0v) is 11.5. The minimum atomic E-state index is -0.505. The van der Waals surface area contributed by atoms with Gasteiger partial charge in [-0.3, -0.25) is 4.79 Å². The van der Waals surface area contributed by atoms with Crippen molar-refractivity contribution >= 4 is 11.6 Å². The number of nitrogens with one attached hydrogen (secondary N) is 1. The lowest BCUT2D eigenvalue weighted by atomic mass is 10.1. The third kappa shape index (κ3) is 4.54. The van der Waals surface area contributed by atoms with Crippen molar-refractivity contribution in [2.75, 3.05) is 11.9 Å². The highest BCUT2D eigenvalue weighted by Crippen LogP contribution is 2.23. The predicted octanol–water partition coefficient (Wildman–Crippen LogP) is 1.64. The zero-order valence-electron chi connectivity index (χ0n) is 11.5. The molecule has 0 saturated carbocycles. The molecule has 0 bridgehead atoms. The highest BCUT2D eigenvalue weighted by molar-refractivity contribution is 5.94. The Morgan fingerprint density at radius 2 is 2.21 bits per heavy atom. The van der Waals surface area contributed by atoms with Gasteiger partial charge in [0, 0.05) is 11.3 Å². The fraction of sp³-hybridized carbons (Fsp3) is 0.500. The maximum Gasteiger partial charge on any atom is 0.241 e. The van der Waals surface area contributed by atoms with Gasteiger partial charge in [0.25, 0.3) is 0 Å². The van der Waals surface area contributed by atoms with Crippen molar-refractivity contribution in [3.05, 3.63) is 23.8 Å². The highest BCUT2D eigenvalue weighted by atomic mass is 16.5. The Labute approximate surface area is 113 Å². The molecule has 0 saturated heterocycles. The van der Waals surface area contributed by atoms with Gasteiger partial charge >= 0.3 is 0 Å². The second kappa shape index (κ2) is 7.76. The summed E-state index contributed by atoms with van der Waals surface area (Å²) in [7, 11) is 0. The third-order valence-electron chi connectivity index (χ3n) is 2.73. The number of anilines is 1. The van der Waals surface area contributed by atoms with E-state index in [-0.39, 0.29) is 12.5 Å². The van der Waals surface area contributed by atoms with Crippen molar-refractivity contribution in [2.24, 2.45) is 5.73 Å². The Bertz CT molecular complexity index is 421. The Hall–Kier alpha value is -1.59. The molecule has 106 valence electrons. The molecule has 0 aliphatic carbocycles. The second-order valence-corrected chi connectivity index (χ2v) is 4.30. The van der Waals surface area contributed by atoms with Gasteiger partial charge in [0.2, 0.25) is 5.91 Å². The molecule has 5 nitrogen and oxygen atoms in total. The second-order valence-electron chi connectivity index (χ2n) is 4.30. The quantitative estimate of drug-likeness (QED) is 0.700. The number of carbonyl (C=O) groups excluding carboxylic acids is 1. The van der Waals surface area contributed by atoms with E-state index in [0.29, 0.717) is 30.0 Å². The van der Waals surface area contributed by atoms with Crippen LogP contribution in [0.25, 0.3) is 0 Å². The number of ether oxygens (including phenoxy) is 1. The molecule has 0 aliphatic heterocycles. The largest absolute Gasteiger partial charge is 0.494 e. The fourth-order valence-corrected chi connectivity index (χ4v) is 1.75. The average molecular weight is 266 g/mol. The van der Waals surface area contributed by atoms with Crippen molar-refractivity contribution in [2.45, 2.75) is 39.3 Å². The van der Waals surface area contributed by atoms with E-state index in [1.807, 2.05) is 13.8 Å². The molecule has 0 heterocycles. The number of carbonyl (C=O) groups is 1. The molecule has 1 aromatic rings. The van der Waals surface area contributed by atoms with Crippen LogP contribution < -0.4 is 15.8 Å². The highest BCUT2D eigenvalue weighted by Gasteiger charge is 2.13. The molecule has 1 rings (SSSR count). The lowest BCUT2D eigenvalue weighted by Crippen LogP contribution is -2.35. The maximum absolute atomic E-state index is 11.8. The summed E-state index contributed by atoms with van der Waals surface area (Å²) in [6, 6.07) is 4.66. The van der Waals surface area contributed by atoms with E-state index in [4.69, 9.17) is 10.5 Å². The molecule has 0 aliphatic rings. The van der Waals surface area contributed by atoms with Gasteiger partial charge in [-0.05, 0) is 31.5 Å². The van der Waals surface area contributed by atoms with Crippen molar-refractivity contribution < 1.29 is 14.6 Å². The number of amides is 1. The van der Waals surface area contributed by atoms with Gasteiger partial charge in [-0.1, -0.05) is 13.3 Å². The monoisotopic (exact) mass is 266 g/mol. The molecule has 0 unspecified atom stereocenters. The van der Waals surface area contributed by atoms with Gasteiger partial charge in [0.05, 0.1) is 19.3 Å².